The summed E-state index contributed by atoms with van der Waals surface area (Å²) in [5, 5.41) is -0.162. The number of anilines is 1. The van der Waals surface area contributed by atoms with Gasteiger partial charge in [0, 0.05) is 10.8 Å². The first kappa shape index (κ1) is 25.4. The number of rotatable bonds is 6. The smallest absolute Gasteiger partial charge is 0.305 e. The third kappa shape index (κ3) is 4.43. The second kappa shape index (κ2) is 10.0. The third-order valence-electron chi connectivity index (χ3n) is 7.10. The third-order valence-corrected chi connectivity index (χ3v) is 9.50. The molecule has 3 heterocycles. The predicted molar refractivity (Wildman–Crippen MR) is 147 cm³/mol. The number of hydrogen-bond acceptors (Lipinski definition) is 7. The summed E-state index contributed by atoms with van der Waals surface area (Å²) in [5.74, 6) is -1.54. The van der Waals surface area contributed by atoms with Crippen molar-refractivity contribution in [3.8, 4) is 11.5 Å². The summed E-state index contributed by atoms with van der Waals surface area (Å²) < 4.78 is 25.3. The molecule has 3 unspecified atom stereocenters. The molecule has 0 aliphatic carbocycles. The van der Waals surface area contributed by atoms with Crippen LogP contribution < -0.4 is 19.2 Å². The van der Waals surface area contributed by atoms with E-state index in [9.17, 15) is 18.8 Å². The van der Waals surface area contributed by atoms with E-state index in [1.54, 1.807) is 19.2 Å². The number of amides is 2. The summed E-state index contributed by atoms with van der Waals surface area (Å²) in [6.45, 7) is 2.38. The fraction of sp³-hybridized carbons (Fsp3) is 0.207. The normalized spacial score (nSPS) is 20.1. The molecule has 2 amide bonds. The van der Waals surface area contributed by atoms with E-state index in [-0.39, 0.29) is 10.8 Å². The van der Waals surface area contributed by atoms with Crippen molar-refractivity contribution in [3.05, 3.63) is 104 Å². The minimum absolute atomic E-state index is 0.252. The van der Waals surface area contributed by atoms with Crippen LogP contribution in [0.1, 0.15) is 27.5 Å². The number of carbonyl (C=O) groups is 2. The van der Waals surface area contributed by atoms with Crippen molar-refractivity contribution in [2.75, 3.05) is 12.0 Å². The van der Waals surface area contributed by atoms with E-state index in [1.807, 2.05) is 37.3 Å². The Hall–Kier alpha value is -3.89. The summed E-state index contributed by atoms with van der Waals surface area (Å²) in [5.41, 5.74) is 3.20. The number of hydrogen-bond donors (Lipinski definition) is 1. The Labute approximate surface area is 231 Å². The monoisotopic (exact) mass is 562 g/mol. The van der Waals surface area contributed by atoms with Gasteiger partial charge in [-0.1, -0.05) is 53.4 Å². The van der Waals surface area contributed by atoms with Crippen molar-refractivity contribution in [2.24, 2.45) is 5.92 Å². The van der Waals surface area contributed by atoms with Crippen LogP contribution in [0.3, 0.4) is 0 Å². The molecule has 10 heteroatoms. The number of fused-ring (bicyclic) bond motifs is 2. The SMILES string of the molecule is COc1cc(C2c3sc(=O)[nH]c3SC3C(=O)N(c4ccc(F)cc4)C(=O)C32)ccc1OCc1ccccc1C. The molecule has 7 nitrogen and oxygen atoms in total. The molecule has 0 spiro atoms. The van der Waals surface area contributed by atoms with Gasteiger partial charge in [-0.15, -0.1) is 0 Å². The van der Waals surface area contributed by atoms with Gasteiger partial charge < -0.3 is 14.5 Å². The lowest BCUT2D eigenvalue weighted by Gasteiger charge is -2.30. The second-order valence-corrected chi connectivity index (χ2v) is 11.5. The van der Waals surface area contributed by atoms with Crippen molar-refractivity contribution >= 4 is 40.6 Å². The van der Waals surface area contributed by atoms with Gasteiger partial charge in [-0.2, -0.15) is 0 Å². The van der Waals surface area contributed by atoms with E-state index >= 15 is 0 Å². The molecule has 3 aromatic carbocycles. The van der Waals surface area contributed by atoms with Crippen LogP contribution >= 0.6 is 23.1 Å². The molecular formula is C29H23FN2O5S2. The molecular weight excluding hydrogens is 539 g/mol. The fourth-order valence-electron chi connectivity index (χ4n) is 5.15. The van der Waals surface area contributed by atoms with Gasteiger partial charge in [0.05, 0.1) is 23.7 Å². The zero-order chi connectivity index (χ0) is 27.3. The summed E-state index contributed by atoms with van der Waals surface area (Å²) in [6.07, 6.45) is 0. The number of nitrogens with zero attached hydrogens (tertiary/aromatic N) is 1. The molecule has 0 saturated carbocycles. The molecule has 2 aliphatic rings. The zero-order valence-corrected chi connectivity index (χ0v) is 22.6. The zero-order valence-electron chi connectivity index (χ0n) is 21.0. The van der Waals surface area contributed by atoms with Gasteiger partial charge in [0.1, 0.15) is 17.7 Å². The number of thioether (sulfide) groups is 1. The van der Waals surface area contributed by atoms with Crippen LogP contribution in [0.4, 0.5) is 10.1 Å². The molecule has 6 rings (SSSR count). The number of ether oxygens (including phenoxy) is 2. The first-order valence-electron chi connectivity index (χ1n) is 12.2. The Morgan fingerprint density at radius 1 is 0.974 bits per heavy atom. The quantitative estimate of drug-likeness (QED) is 0.322. The van der Waals surface area contributed by atoms with Crippen LogP contribution in [0.2, 0.25) is 0 Å². The number of aromatic nitrogens is 1. The molecule has 39 heavy (non-hydrogen) atoms. The highest BCUT2D eigenvalue weighted by Gasteiger charge is 2.56. The summed E-state index contributed by atoms with van der Waals surface area (Å²) in [4.78, 5) is 44.1. The van der Waals surface area contributed by atoms with Crippen molar-refractivity contribution in [3.63, 3.8) is 0 Å². The number of benzene rings is 3. The lowest BCUT2D eigenvalue weighted by Crippen LogP contribution is -2.32. The Morgan fingerprint density at radius 3 is 2.49 bits per heavy atom. The van der Waals surface area contributed by atoms with Crippen molar-refractivity contribution in [1.29, 1.82) is 0 Å². The van der Waals surface area contributed by atoms with E-state index in [1.165, 1.54) is 36.0 Å². The van der Waals surface area contributed by atoms with Gasteiger partial charge in [-0.05, 0) is 60.0 Å². The number of halogens is 1. The van der Waals surface area contributed by atoms with Crippen LogP contribution in [-0.4, -0.2) is 29.2 Å². The Kier molecular flexibility index (Phi) is 6.52. The molecule has 4 aromatic rings. The first-order valence-corrected chi connectivity index (χ1v) is 13.9. The lowest BCUT2D eigenvalue weighted by atomic mass is 9.83. The second-order valence-electron chi connectivity index (χ2n) is 9.36. The number of nitrogens with one attached hydrogen (secondary N) is 1. The summed E-state index contributed by atoms with van der Waals surface area (Å²) >= 11 is 2.23. The van der Waals surface area contributed by atoms with E-state index in [0.29, 0.717) is 33.7 Å². The van der Waals surface area contributed by atoms with Crippen LogP contribution in [0.15, 0.2) is 76.6 Å². The Morgan fingerprint density at radius 2 is 1.74 bits per heavy atom. The van der Waals surface area contributed by atoms with Crippen molar-refractivity contribution < 1.29 is 23.5 Å². The number of methoxy groups -OCH3 is 1. The van der Waals surface area contributed by atoms with Gasteiger partial charge in [0.25, 0.3) is 0 Å². The van der Waals surface area contributed by atoms with Crippen molar-refractivity contribution in [1.82, 2.24) is 4.98 Å². The molecule has 1 N–H and O–H groups in total. The molecule has 1 saturated heterocycles. The molecule has 1 aromatic heterocycles. The molecule has 3 atom stereocenters. The lowest BCUT2D eigenvalue weighted by molar-refractivity contribution is -0.122. The molecule has 1 fully saturated rings. The number of carbonyl (C=O) groups excluding carboxylic acids is 2. The minimum Gasteiger partial charge on any atom is -0.493 e. The number of imide groups is 1. The summed E-state index contributed by atoms with van der Waals surface area (Å²) in [7, 11) is 1.54. The van der Waals surface area contributed by atoms with Gasteiger partial charge in [0.2, 0.25) is 11.8 Å². The van der Waals surface area contributed by atoms with Gasteiger partial charge in [0.15, 0.2) is 11.5 Å². The average molecular weight is 563 g/mol. The minimum atomic E-state index is -0.755. The van der Waals surface area contributed by atoms with E-state index in [0.717, 1.165) is 32.9 Å². The summed E-state index contributed by atoms with van der Waals surface area (Å²) in [6, 6.07) is 18.7. The van der Waals surface area contributed by atoms with Crippen LogP contribution in [0.5, 0.6) is 11.5 Å². The van der Waals surface area contributed by atoms with Gasteiger partial charge in [-0.3, -0.25) is 14.4 Å². The van der Waals surface area contributed by atoms with Crippen molar-refractivity contribution in [2.45, 2.75) is 29.7 Å². The highest BCUT2D eigenvalue weighted by atomic mass is 32.2. The highest BCUT2D eigenvalue weighted by molar-refractivity contribution is 8.00. The largest absolute Gasteiger partial charge is 0.493 e. The molecule has 0 bridgehead atoms. The molecule has 198 valence electrons. The van der Waals surface area contributed by atoms with E-state index in [4.69, 9.17) is 9.47 Å². The van der Waals surface area contributed by atoms with E-state index in [2.05, 4.69) is 4.98 Å². The van der Waals surface area contributed by atoms with Gasteiger partial charge >= 0.3 is 4.87 Å². The van der Waals surface area contributed by atoms with Crippen LogP contribution in [-0.2, 0) is 16.2 Å². The van der Waals surface area contributed by atoms with Gasteiger partial charge in [-0.25, -0.2) is 9.29 Å². The average Bonchev–Trinajstić information content (AvgIpc) is 3.43. The molecule has 2 aliphatic heterocycles. The highest BCUT2D eigenvalue weighted by Crippen LogP contribution is 2.53. The first-order chi connectivity index (χ1) is 18.9. The topological polar surface area (TPSA) is 88.7 Å². The Balaban J connectivity index is 1.38. The Bertz CT molecular complexity index is 1650. The van der Waals surface area contributed by atoms with Crippen LogP contribution in [0.25, 0.3) is 0 Å². The number of aryl methyl sites for hydroxylation is 1. The number of aromatic amines is 1. The molecule has 0 radical (unpaired) electrons. The predicted octanol–water partition coefficient (Wildman–Crippen LogP) is 5.27. The fourth-order valence-corrected chi connectivity index (χ4v) is 7.66. The number of thiazole rings is 1. The maximum absolute atomic E-state index is 13.8. The maximum Gasteiger partial charge on any atom is 0.305 e. The standard InChI is InChI=1S/C29H23FN2O5S2/c1-15-5-3-4-6-17(15)14-37-20-12-7-16(13-21(20)36-2)22-23-25(38-26-24(22)39-29(35)31-26)28(34)32(27(23)33)19-10-8-18(30)9-11-19/h3-13,22-23,25H,14H2,1-2H3,(H,31,35). The maximum atomic E-state index is 13.8. The van der Waals surface area contributed by atoms with Crippen LogP contribution in [0, 0.1) is 18.7 Å². The number of H-pyrrole nitrogens is 1. The van der Waals surface area contributed by atoms with E-state index < -0.39 is 28.8 Å².